The molecule has 0 aromatic carbocycles. The molecule has 1 heterocycles. The molecule has 114 valence electrons. The molecule has 1 aromatic rings. The van der Waals surface area contributed by atoms with Gasteiger partial charge in [-0.2, -0.15) is 13.2 Å². The normalized spacial score (nSPS) is 12.3. The van der Waals surface area contributed by atoms with Crippen molar-refractivity contribution in [3.05, 3.63) is 36.7 Å². The van der Waals surface area contributed by atoms with Gasteiger partial charge in [-0.25, -0.2) is 14.6 Å². The number of nitrogens with zero attached hydrogens (tertiary/aromatic N) is 1. The van der Waals surface area contributed by atoms with Gasteiger partial charge in [0.1, 0.15) is 11.7 Å². The highest BCUT2D eigenvalue weighted by molar-refractivity contribution is 5.92. The summed E-state index contributed by atoms with van der Waals surface area (Å²) < 4.78 is 36.9. The molecule has 9 heteroatoms. The third-order valence-corrected chi connectivity index (χ3v) is 2.32. The third-order valence-electron chi connectivity index (χ3n) is 2.32. The van der Waals surface area contributed by atoms with Crippen molar-refractivity contribution in [2.75, 3.05) is 5.32 Å². The molecule has 0 saturated heterocycles. The van der Waals surface area contributed by atoms with E-state index < -0.39 is 29.9 Å². The van der Waals surface area contributed by atoms with Gasteiger partial charge in [-0.1, -0.05) is 6.08 Å². The van der Waals surface area contributed by atoms with Gasteiger partial charge in [0.05, 0.1) is 11.9 Å². The van der Waals surface area contributed by atoms with Crippen molar-refractivity contribution in [1.82, 2.24) is 10.3 Å². The molecule has 1 unspecified atom stereocenters. The Morgan fingerprint density at radius 1 is 1.43 bits per heavy atom. The molecule has 0 aliphatic carbocycles. The van der Waals surface area contributed by atoms with Crippen molar-refractivity contribution in [1.29, 1.82) is 0 Å². The van der Waals surface area contributed by atoms with Gasteiger partial charge in [-0.05, 0) is 18.6 Å². The van der Waals surface area contributed by atoms with E-state index >= 15 is 0 Å². The molecule has 2 amide bonds. The number of carbonyl (C=O) groups excluding carboxylic acids is 1. The lowest BCUT2D eigenvalue weighted by atomic mass is 10.2. The number of rotatable bonds is 5. The van der Waals surface area contributed by atoms with Crippen LogP contribution in [0.1, 0.15) is 12.1 Å². The fourth-order valence-electron chi connectivity index (χ4n) is 1.35. The molecule has 21 heavy (non-hydrogen) atoms. The van der Waals surface area contributed by atoms with E-state index in [0.717, 1.165) is 12.3 Å². The van der Waals surface area contributed by atoms with E-state index in [-0.39, 0.29) is 12.1 Å². The van der Waals surface area contributed by atoms with Gasteiger partial charge < -0.3 is 15.7 Å². The molecule has 0 radical (unpaired) electrons. The highest BCUT2D eigenvalue weighted by atomic mass is 19.4. The van der Waals surface area contributed by atoms with Gasteiger partial charge in [0.2, 0.25) is 0 Å². The minimum absolute atomic E-state index is 0.00300. The van der Waals surface area contributed by atoms with E-state index in [0.29, 0.717) is 6.07 Å². The Labute approximate surface area is 117 Å². The van der Waals surface area contributed by atoms with Gasteiger partial charge in [-0.3, -0.25) is 0 Å². The van der Waals surface area contributed by atoms with Crippen LogP contribution in [0, 0.1) is 0 Å². The maximum absolute atomic E-state index is 12.3. The first-order chi connectivity index (χ1) is 9.74. The molecule has 0 fully saturated rings. The van der Waals surface area contributed by atoms with Crippen LogP contribution in [-0.2, 0) is 11.0 Å². The lowest BCUT2D eigenvalue weighted by Gasteiger charge is -2.13. The van der Waals surface area contributed by atoms with Crippen molar-refractivity contribution < 1.29 is 27.9 Å². The average molecular weight is 303 g/mol. The number of urea groups is 1. The molecule has 0 bridgehead atoms. The van der Waals surface area contributed by atoms with Crippen molar-refractivity contribution in [2.45, 2.75) is 18.6 Å². The molecule has 0 aliphatic heterocycles. The predicted octanol–water partition coefficient (Wildman–Crippen LogP) is 2.25. The SMILES string of the molecule is C=CCC(NC(=O)Nc1ccc(C(F)(F)F)nc1)C(=O)O. The fourth-order valence-corrected chi connectivity index (χ4v) is 1.35. The molecular weight excluding hydrogens is 291 g/mol. The number of hydrogen-bond donors (Lipinski definition) is 3. The van der Waals surface area contributed by atoms with Crippen LogP contribution in [0.5, 0.6) is 0 Å². The number of anilines is 1. The molecule has 0 spiro atoms. The standard InChI is InChI=1S/C12H12F3N3O3/c1-2-3-8(10(19)20)18-11(21)17-7-4-5-9(16-6-7)12(13,14)15/h2,4-6,8H,1,3H2,(H,19,20)(H2,17,18,21). The number of halogens is 3. The average Bonchev–Trinajstić information content (AvgIpc) is 2.37. The Kier molecular flexibility index (Phi) is 5.28. The first kappa shape index (κ1) is 16.5. The van der Waals surface area contributed by atoms with Crippen molar-refractivity contribution in [3.8, 4) is 0 Å². The van der Waals surface area contributed by atoms with Crippen LogP contribution < -0.4 is 10.6 Å². The van der Waals surface area contributed by atoms with E-state index in [1.807, 2.05) is 0 Å². The smallest absolute Gasteiger partial charge is 0.433 e. The Morgan fingerprint density at radius 3 is 2.52 bits per heavy atom. The number of alkyl halides is 3. The summed E-state index contributed by atoms with van der Waals surface area (Å²) in [6.07, 6.45) is -2.42. The lowest BCUT2D eigenvalue weighted by Crippen LogP contribution is -2.42. The number of carboxylic acids is 1. The lowest BCUT2D eigenvalue weighted by molar-refractivity contribution is -0.141. The topological polar surface area (TPSA) is 91.3 Å². The molecule has 1 atom stereocenters. The second kappa shape index (κ2) is 6.73. The summed E-state index contributed by atoms with van der Waals surface area (Å²) in [5.41, 5.74) is -1.09. The minimum atomic E-state index is -4.57. The minimum Gasteiger partial charge on any atom is -0.480 e. The quantitative estimate of drug-likeness (QED) is 0.728. The number of aliphatic carboxylic acids is 1. The summed E-state index contributed by atoms with van der Waals surface area (Å²) >= 11 is 0. The predicted molar refractivity (Wildman–Crippen MR) is 67.6 cm³/mol. The van der Waals surface area contributed by atoms with Crippen LogP contribution in [0.4, 0.5) is 23.7 Å². The summed E-state index contributed by atoms with van der Waals surface area (Å²) in [6.45, 7) is 3.36. The van der Waals surface area contributed by atoms with Crippen LogP contribution in [0.25, 0.3) is 0 Å². The molecule has 6 nitrogen and oxygen atoms in total. The number of carbonyl (C=O) groups is 2. The maximum Gasteiger partial charge on any atom is 0.433 e. The Hall–Kier alpha value is -2.58. The van der Waals surface area contributed by atoms with E-state index in [9.17, 15) is 22.8 Å². The molecule has 0 saturated carbocycles. The largest absolute Gasteiger partial charge is 0.480 e. The zero-order valence-corrected chi connectivity index (χ0v) is 10.6. The van der Waals surface area contributed by atoms with Crippen LogP contribution in [-0.4, -0.2) is 28.1 Å². The second-order valence-corrected chi connectivity index (χ2v) is 3.94. The zero-order valence-electron chi connectivity index (χ0n) is 10.6. The number of nitrogens with one attached hydrogen (secondary N) is 2. The van der Waals surface area contributed by atoms with Crippen molar-refractivity contribution in [2.24, 2.45) is 0 Å². The number of aromatic nitrogens is 1. The fraction of sp³-hybridized carbons (Fsp3) is 0.250. The summed E-state index contributed by atoms with van der Waals surface area (Å²) in [5, 5.41) is 13.1. The Balaban J connectivity index is 2.66. The van der Waals surface area contributed by atoms with E-state index in [4.69, 9.17) is 5.11 Å². The van der Waals surface area contributed by atoms with Crippen molar-refractivity contribution >= 4 is 17.7 Å². The molecule has 1 rings (SSSR count). The van der Waals surface area contributed by atoms with Gasteiger partial charge in [0.25, 0.3) is 0 Å². The molecule has 3 N–H and O–H groups in total. The third kappa shape index (κ3) is 5.13. The molecule has 0 aliphatic rings. The van der Waals surface area contributed by atoms with Gasteiger partial charge in [0, 0.05) is 0 Å². The van der Waals surface area contributed by atoms with Crippen LogP contribution in [0.15, 0.2) is 31.0 Å². The van der Waals surface area contributed by atoms with Gasteiger partial charge >= 0.3 is 18.2 Å². The van der Waals surface area contributed by atoms with Crippen LogP contribution in [0.2, 0.25) is 0 Å². The van der Waals surface area contributed by atoms with E-state index in [2.05, 4.69) is 22.2 Å². The summed E-state index contributed by atoms with van der Waals surface area (Å²) in [6, 6.07) is -0.331. The summed E-state index contributed by atoms with van der Waals surface area (Å²) in [5.74, 6) is -1.25. The molecular formula is C12H12F3N3O3. The summed E-state index contributed by atoms with van der Waals surface area (Å²) in [4.78, 5) is 25.5. The van der Waals surface area contributed by atoms with E-state index in [1.165, 1.54) is 6.08 Å². The first-order valence-electron chi connectivity index (χ1n) is 5.68. The number of hydrogen-bond acceptors (Lipinski definition) is 3. The number of pyridine rings is 1. The maximum atomic E-state index is 12.3. The number of amides is 2. The first-order valence-corrected chi connectivity index (χ1v) is 5.68. The Morgan fingerprint density at radius 2 is 2.10 bits per heavy atom. The van der Waals surface area contributed by atoms with Gasteiger partial charge in [0.15, 0.2) is 0 Å². The zero-order chi connectivity index (χ0) is 16.0. The van der Waals surface area contributed by atoms with Crippen LogP contribution in [0.3, 0.4) is 0 Å². The van der Waals surface area contributed by atoms with Crippen LogP contribution >= 0.6 is 0 Å². The second-order valence-electron chi connectivity index (χ2n) is 3.94. The highest BCUT2D eigenvalue weighted by Crippen LogP contribution is 2.27. The van der Waals surface area contributed by atoms with E-state index in [1.54, 1.807) is 0 Å². The Bertz CT molecular complexity index is 529. The van der Waals surface area contributed by atoms with Crippen molar-refractivity contribution in [3.63, 3.8) is 0 Å². The highest BCUT2D eigenvalue weighted by Gasteiger charge is 2.32. The monoisotopic (exact) mass is 303 g/mol. The summed E-state index contributed by atoms with van der Waals surface area (Å²) in [7, 11) is 0. The van der Waals surface area contributed by atoms with Gasteiger partial charge in [-0.15, -0.1) is 6.58 Å². The molecule has 1 aromatic heterocycles. The number of carboxylic acid groups (broad SMARTS) is 1.